The van der Waals surface area contributed by atoms with Crippen LogP contribution in [0, 0.1) is 6.92 Å². The van der Waals surface area contributed by atoms with Crippen molar-refractivity contribution < 1.29 is 0 Å². The van der Waals surface area contributed by atoms with Crippen molar-refractivity contribution in [1.82, 2.24) is 0 Å². The Morgan fingerprint density at radius 1 is 1.12 bits per heavy atom. The monoisotopic (exact) mass is 260 g/mol. The van der Waals surface area contributed by atoms with E-state index in [2.05, 4.69) is 49.4 Å². The molecule has 1 aliphatic rings. The first-order chi connectivity index (χ1) is 8.24. The van der Waals surface area contributed by atoms with E-state index in [0.717, 1.165) is 6.42 Å². The molecule has 1 heterocycles. The Labute approximate surface area is 111 Å². The summed E-state index contributed by atoms with van der Waals surface area (Å²) in [4.78, 5) is 2.63. The molecule has 2 heteroatoms. The fourth-order valence-corrected chi connectivity index (χ4v) is 3.76. The zero-order valence-electron chi connectivity index (χ0n) is 9.61. The molecule has 0 radical (unpaired) electrons. The number of halogens is 1. The van der Waals surface area contributed by atoms with Crippen LogP contribution in [0.25, 0.3) is 0 Å². The molecule has 86 valence electrons. The average Bonchev–Trinajstić information content (AvgIpc) is 2.46. The van der Waals surface area contributed by atoms with E-state index in [1.54, 1.807) is 0 Å². The second-order valence-electron chi connectivity index (χ2n) is 4.42. The number of hydrogen-bond acceptors (Lipinski definition) is 1. The molecule has 3 rings (SSSR count). The zero-order chi connectivity index (χ0) is 11.8. The molecule has 17 heavy (non-hydrogen) atoms. The Balaban J connectivity index is 2.13. The van der Waals surface area contributed by atoms with Gasteiger partial charge in [0.15, 0.2) is 0 Å². The van der Waals surface area contributed by atoms with E-state index in [1.165, 1.54) is 26.5 Å². The molecule has 0 saturated heterocycles. The van der Waals surface area contributed by atoms with Crippen LogP contribution in [-0.4, -0.2) is 0 Å². The van der Waals surface area contributed by atoms with Crippen LogP contribution in [-0.2, 0) is 6.42 Å². The maximum absolute atomic E-state index is 6.52. The van der Waals surface area contributed by atoms with Crippen molar-refractivity contribution in [3.8, 4) is 0 Å². The van der Waals surface area contributed by atoms with Gasteiger partial charge < -0.3 is 0 Å². The molecule has 2 aromatic rings. The summed E-state index contributed by atoms with van der Waals surface area (Å²) in [6.45, 7) is 2.13. The van der Waals surface area contributed by atoms with Crippen molar-refractivity contribution >= 4 is 23.4 Å². The van der Waals surface area contributed by atoms with Gasteiger partial charge in [0.2, 0.25) is 0 Å². The number of hydrogen-bond donors (Lipinski definition) is 0. The van der Waals surface area contributed by atoms with Crippen LogP contribution in [0.15, 0.2) is 52.3 Å². The molecule has 0 aliphatic carbocycles. The van der Waals surface area contributed by atoms with E-state index >= 15 is 0 Å². The fraction of sp³-hybridized carbons (Fsp3) is 0.200. The maximum atomic E-state index is 6.52. The highest BCUT2D eigenvalue weighted by molar-refractivity contribution is 7.99. The third-order valence-electron chi connectivity index (χ3n) is 3.09. The predicted molar refractivity (Wildman–Crippen MR) is 74.0 cm³/mol. The number of fused-ring (bicyclic) bond motifs is 2. The second-order valence-corrected chi connectivity index (χ2v) is 6.03. The third-order valence-corrected chi connectivity index (χ3v) is 4.69. The lowest BCUT2D eigenvalue weighted by Crippen LogP contribution is -1.95. The minimum atomic E-state index is 0.0850. The third kappa shape index (κ3) is 2.10. The van der Waals surface area contributed by atoms with Gasteiger partial charge in [-0.05, 0) is 36.6 Å². The topological polar surface area (TPSA) is 0 Å². The minimum absolute atomic E-state index is 0.0850. The van der Waals surface area contributed by atoms with Gasteiger partial charge in [0.05, 0.1) is 5.38 Å². The van der Waals surface area contributed by atoms with Gasteiger partial charge in [0.1, 0.15) is 0 Å². The lowest BCUT2D eigenvalue weighted by Gasteiger charge is -2.09. The van der Waals surface area contributed by atoms with Crippen molar-refractivity contribution in [2.45, 2.75) is 28.5 Å². The summed E-state index contributed by atoms with van der Waals surface area (Å²) in [6, 6.07) is 15.1. The summed E-state index contributed by atoms with van der Waals surface area (Å²) in [7, 11) is 0. The largest absolute Gasteiger partial charge is 0.117 e. The molecule has 2 aromatic carbocycles. The number of aryl methyl sites for hydroxylation is 1. The Bertz CT molecular complexity index is 563. The van der Waals surface area contributed by atoms with E-state index in [0.29, 0.717) is 0 Å². The van der Waals surface area contributed by atoms with E-state index in [9.17, 15) is 0 Å². The van der Waals surface area contributed by atoms with Gasteiger partial charge in [-0.15, -0.1) is 11.6 Å². The Morgan fingerprint density at radius 2 is 1.94 bits per heavy atom. The van der Waals surface area contributed by atoms with E-state index in [1.807, 2.05) is 11.8 Å². The Hall–Kier alpha value is -0.920. The van der Waals surface area contributed by atoms with Crippen molar-refractivity contribution in [2.24, 2.45) is 0 Å². The highest BCUT2D eigenvalue weighted by Crippen LogP contribution is 2.42. The standard InChI is InChI=1S/C15H13ClS/c1-10-6-7-14-11(8-10)9-13(16)12-4-2-3-5-15(12)17-14/h2-8,13H,9H2,1H3. The van der Waals surface area contributed by atoms with Crippen LogP contribution in [0.1, 0.15) is 22.1 Å². The summed E-state index contributed by atoms with van der Waals surface area (Å²) in [5.74, 6) is 0. The molecule has 0 fully saturated rings. The molecular formula is C15H13ClS. The Kier molecular flexibility index (Phi) is 2.89. The highest BCUT2D eigenvalue weighted by Gasteiger charge is 2.20. The molecule has 0 N–H and O–H groups in total. The lowest BCUT2D eigenvalue weighted by atomic mass is 10.0. The molecule has 0 spiro atoms. The van der Waals surface area contributed by atoms with Gasteiger partial charge in [-0.25, -0.2) is 0 Å². The van der Waals surface area contributed by atoms with Crippen LogP contribution < -0.4 is 0 Å². The first kappa shape index (κ1) is 11.2. The molecule has 1 aliphatic heterocycles. The van der Waals surface area contributed by atoms with Crippen LogP contribution in [0.4, 0.5) is 0 Å². The maximum Gasteiger partial charge on any atom is 0.0637 e. The number of alkyl halides is 1. The summed E-state index contributed by atoms with van der Waals surface area (Å²) in [6.07, 6.45) is 0.919. The van der Waals surface area contributed by atoms with Crippen LogP contribution in [0.3, 0.4) is 0 Å². The number of rotatable bonds is 0. The van der Waals surface area contributed by atoms with E-state index in [4.69, 9.17) is 11.6 Å². The van der Waals surface area contributed by atoms with Gasteiger partial charge in [-0.1, -0.05) is 47.7 Å². The SMILES string of the molecule is Cc1ccc2c(c1)CC(Cl)c1ccccc1S2. The second kappa shape index (κ2) is 4.40. The fourth-order valence-electron chi connectivity index (χ4n) is 2.22. The van der Waals surface area contributed by atoms with Crippen LogP contribution in [0.5, 0.6) is 0 Å². The number of benzene rings is 2. The molecule has 0 nitrogen and oxygen atoms in total. The molecular weight excluding hydrogens is 248 g/mol. The summed E-state index contributed by atoms with van der Waals surface area (Å²) in [5.41, 5.74) is 3.93. The molecule has 1 atom stereocenters. The highest BCUT2D eigenvalue weighted by atomic mass is 35.5. The Morgan fingerprint density at radius 3 is 2.82 bits per heavy atom. The summed E-state index contributed by atoms with van der Waals surface area (Å²) < 4.78 is 0. The van der Waals surface area contributed by atoms with Gasteiger partial charge in [0.25, 0.3) is 0 Å². The van der Waals surface area contributed by atoms with Crippen molar-refractivity contribution in [3.05, 3.63) is 59.2 Å². The zero-order valence-corrected chi connectivity index (χ0v) is 11.2. The van der Waals surface area contributed by atoms with Crippen molar-refractivity contribution in [1.29, 1.82) is 0 Å². The van der Waals surface area contributed by atoms with E-state index in [-0.39, 0.29) is 5.38 Å². The van der Waals surface area contributed by atoms with Crippen LogP contribution in [0.2, 0.25) is 0 Å². The van der Waals surface area contributed by atoms with E-state index < -0.39 is 0 Å². The summed E-state index contributed by atoms with van der Waals surface area (Å²) >= 11 is 8.35. The van der Waals surface area contributed by atoms with Gasteiger partial charge in [0, 0.05) is 9.79 Å². The first-order valence-electron chi connectivity index (χ1n) is 5.74. The minimum Gasteiger partial charge on any atom is -0.117 e. The first-order valence-corrected chi connectivity index (χ1v) is 7.00. The molecule has 0 aromatic heterocycles. The van der Waals surface area contributed by atoms with Gasteiger partial charge >= 0.3 is 0 Å². The van der Waals surface area contributed by atoms with Crippen molar-refractivity contribution in [2.75, 3.05) is 0 Å². The van der Waals surface area contributed by atoms with Gasteiger partial charge in [-0.3, -0.25) is 0 Å². The molecule has 0 amide bonds. The lowest BCUT2D eigenvalue weighted by molar-refractivity contribution is 0.889. The van der Waals surface area contributed by atoms with Crippen molar-refractivity contribution in [3.63, 3.8) is 0 Å². The molecule has 1 unspecified atom stereocenters. The summed E-state index contributed by atoms with van der Waals surface area (Å²) in [5, 5.41) is 0.0850. The quantitative estimate of drug-likeness (QED) is 0.602. The molecule has 0 saturated carbocycles. The van der Waals surface area contributed by atoms with Gasteiger partial charge in [-0.2, -0.15) is 0 Å². The smallest absolute Gasteiger partial charge is 0.0637 e. The molecule has 0 bridgehead atoms. The normalized spacial score (nSPS) is 18.1. The van der Waals surface area contributed by atoms with Crippen LogP contribution >= 0.6 is 23.4 Å². The predicted octanol–water partition coefficient (Wildman–Crippen LogP) is 4.98. The average molecular weight is 261 g/mol.